The Labute approximate surface area is 121 Å². The van der Waals surface area contributed by atoms with E-state index < -0.39 is 0 Å². The number of likely N-dealkylation sites (N-methyl/N-ethyl adjacent to an activating group) is 1. The van der Waals surface area contributed by atoms with E-state index in [1.54, 1.807) is 0 Å². The molecular formula is C16H25N3O. The van der Waals surface area contributed by atoms with Crippen molar-refractivity contribution >= 4 is 17.7 Å². The molecule has 1 aliphatic rings. The molecule has 2 N–H and O–H groups in total. The molecule has 20 heavy (non-hydrogen) atoms. The quantitative estimate of drug-likeness (QED) is 0.679. The fourth-order valence-electron chi connectivity index (χ4n) is 3.05. The van der Waals surface area contributed by atoms with Crippen molar-refractivity contribution in [2.75, 3.05) is 31.3 Å². The first-order valence-electron chi connectivity index (χ1n) is 7.15. The molecule has 0 spiro atoms. The topological polar surface area (TPSA) is 49.6 Å². The number of nitrogen functional groups attached to an aromatic ring is 1. The average molecular weight is 275 g/mol. The van der Waals surface area contributed by atoms with Crippen LogP contribution < -0.4 is 10.6 Å². The molecule has 0 aliphatic carbocycles. The third-order valence-corrected chi connectivity index (χ3v) is 4.23. The number of hydrogen-bond acceptors (Lipinski definition) is 4. The molecule has 2 rings (SSSR count). The summed E-state index contributed by atoms with van der Waals surface area (Å²) in [5.41, 5.74) is 9.20. The van der Waals surface area contributed by atoms with Crippen molar-refractivity contribution < 1.29 is 4.79 Å². The SMILES string of the molecule is CN(C)C(C=O)N1CCCC(C)(C)c2ccc(N)cc21. The summed E-state index contributed by atoms with van der Waals surface area (Å²) in [6.07, 6.45) is 2.94. The summed E-state index contributed by atoms with van der Waals surface area (Å²) >= 11 is 0. The second-order valence-corrected chi connectivity index (χ2v) is 6.47. The standard InChI is InChI=1S/C16H25N3O/c1-16(2)8-5-9-19(15(11-20)18(3)4)14-10-12(17)6-7-13(14)16/h6-7,10-11,15H,5,8-9,17H2,1-4H3. The highest BCUT2D eigenvalue weighted by atomic mass is 16.1. The smallest absolute Gasteiger partial charge is 0.157 e. The van der Waals surface area contributed by atoms with Crippen molar-refractivity contribution in [2.24, 2.45) is 0 Å². The number of aldehydes is 1. The van der Waals surface area contributed by atoms with E-state index in [-0.39, 0.29) is 11.6 Å². The van der Waals surface area contributed by atoms with Gasteiger partial charge in [0.05, 0.1) is 0 Å². The van der Waals surface area contributed by atoms with Crippen LogP contribution in [0.2, 0.25) is 0 Å². The zero-order valence-corrected chi connectivity index (χ0v) is 12.9. The number of benzene rings is 1. The van der Waals surface area contributed by atoms with Gasteiger partial charge in [-0.15, -0.1) is 0 Å². The third-order valence-electron chi connectivity index (χ3n) is 4.23. The highest BCUT2D eigenvalue weighted by molar-refractivity contribution is 5.71. The number of rotatable bonds is 3. The zero-order valence-electron chi connectivity index (χ0n) is 12.9. The summed E-state index contributed by atoms with van der Waals surface area (Å²) in [5.74, 6) is 0. The van der Waals surface area contributed by atoms with Gasteiger partial charge in [-0.3, -0.25) is 9.69 Å². The van der Waals surface area contributed by atoms with E-state index in [0.29, 0.717) is 0 Å². The largest absolute Gasteiger partial charge is 0.399 e. The van der Waals surface area contributed by atoms with Gasteiger partial charge in [0.25, 0.3) is 0 Å². The van der Waals surface area contributed by atoms with Crippen molar-refractivity contribution in [3.05, 3.63) is 23.8 Å². The lowest BCUT2D eigenvalue weighted by Crippen LogP contribution is -2.47. The second-order valence-electron chi connectivity index (χ2n) is 6.47. The van der Waals surface area contributed by atoms with E-state index in [1.807, 2.05) is 31.1 Å². The molecule has 4 heteroatoms. The third kappa shape index (κ3) is 2.66. The molecule has 0 fully saturated rings. The molecule has 1 unspecified atom stereocenters. The first kappa shape index (κ1) is 14.9. The van der Waals surface area contributed by atoms with E-state index in [4.69, 9.17) is 5.73 Å². The van der Waals surface area contributed by atoms with Crippen LogP contribution in [0.1, 0.15) is 32.3 Å². The molecule has 0 radical (unpaired) electrons. The van der Waals surface area contributed by atoms with Crippen molar-refractivity contribution in [1.82, 2.24) is 4.90 Å². The first-order chi connectivity index (χ1) is 9.36. The lowest BCUT2D eigenvalue weighted by molar-refractivity contribution is -0.111. The van der Waals surface area contributed by atoms with Gasteiger partial charge >= 0.3 is 0 Å². The van der Waals surface area contributed by atoms with Crippen LogP contribution in [-0.2, 0) is 10.2 Å². The van der Waals surface area contributed by atoms with Gasteiger partial charge in [0.15, 0.2) is 6.29 Å². The fourth-order valence-corrected chi connectivity index (χ4v) is 3.05. The lowest BCUT2D eigenvalue weighted by atomic mass is 9.80. The molecule has 0 amide bonds. The van der Waals surface area contributed by atoms with Crippen molar-refractivity contribution in [3.8, 4) is 0 Å². The number of nitrogens with two attached hydrogens (primary N) is 1. The second kappa shape index (κ2) is 5.44. The summed E-state index contributed by atoms with van der Waals surface area (Å²) in [6, 6.07) is 6.07. The van der Waals surface area contributed by atoms with Crippen LogP contribution in [0.3, 0.4) is 0 Å². The Kier molecular flexibility index (Phi) is 4.04. The Bertz CT molecular complexity index is 496. The van der Waals surface area contributed by atoms with Gasteiger partial charge < -0.3 is 10.6 Å². The molecular weight excluding hydrogens is 250 g/mol. The highest BCUT2D eigenvalue weighted by Crippen LogP contribution is 2.40. The van der Waals surface area contributed by atoms with Gasteiger partial charge in [0, 0.05) is 17.9 Å². The minimum absolute atomic E-state index is 0.109. The van der Waals surface area contributed by atoms with Crippen molar-refractivity contribution in [2.45, 2.75) is 38.3 Å². The van der Waals surface area contributed by atoms with E-state index in [9.17, 15) is 4.79 Å². The number of nitrogens with zero attached hydrogens (tertiary/aromatic N) is 2. The molecule has 1 atom stereocenters. The number of fused-ring (bicyclic) bond motifs is 1. The zero-order chi connectivity index (χ0) is 14.9. The van der Waals surface area contributed by atoms with E-state index in [2.05, 4.69) is 24.8 Å². The minimum atomic E-state index is -0.246. The molecule has 0 bridgehead atoms. The molecule has 1 aliphatic heterocycles. The Morgan fingerprint density at radius 2 is 2.10 bits per heavy atom. The number of carbonyl (C=O) groups excluding carboxylic acids is 1. The molecule has 0 saturated carbocycles. The van der Waals surface area contributed by atoms with Crippen LogP contribution >= 0.6 is 0 Å². The Balaban J connectivity index is 2.55. The van der Waals surface area contributed by atoms with Crippen LogP contribution in [0.4, 0.5) is 11.4 Å². The molecule has 1 aromatic carbocycles. The summed E-state index contributed by atoms with van der Waals surface area (Å²) in [5, 5.41) is 0. The fraction of sp³-hybridized carbons (Fsp3) is 0.562. The van der Waals surface area contributed by atoms with Gasteiger partial charge in [-0.05, 0) is 50.0 Å². The molecule has 1 aromatic rings. The van der Waals surface area contributed by atoms with Gasteiger partial charge in [0.2, 0.25) is 0 Å². The monoisotopic (exact) mass is 275 g/mol. The molecule has 0 aromatic heterocycles. The number of anilines is 2. The lowest BCUT2D eigenvalue weighted by Gasteiger charge is -2.35. The van der Waals surface area contributed by atoms with Crippen LogP contribution in [0.15, 0.2) is 18.2 Å². The summed E-state index contributed by atoms with van der Waals surface area (Å²) in [4.78, 5) is 15.6. The van der Waals surface area contributed by atoms with Gasteiger partial charge in [-0.1, -0.05) is 19.9 Å². The summed E-state index contributed by atoms with van der Waals surface area (Å²) in [7, 11) is 3.86. The van der Waals surface area contributed by atoms with Crippen molar-refractivity contribution in [1.29, 1.82) is 0 Å². The van der Waals surface area contributed by atoms with E-state index in [1.165, 1.54) is 5.56 Å². The Morgan fingerprint density at radius 1 is 1.40 bits per heavy atom. The highest BCUT2D eigenvalue weighted by Gasteiger charge is 2.32. The van der Waals surface area contributed by atoms with Gasteiger partial charge in [-0.2, -0.15) is 0 Å². The predicted molar refractivity (Wildman–Crippen MR) is 84.0 cm³/mol. The van der Waals surface area contributed by atoms with Crippen molar-refractivity contribution in [3.63, 3.8) is 0 Å². The molecule has 0 saturated heterocycles. The van der Waals surface area contributed by atoms with Crippen LogP contribution in [0, 0.1) is 0 Å². The maximum atomic E-state index is 11.5. The average Bonchev–Trinajstić information content (AvgIpc) is 2.47. The maximum absolute atomic E-state index is 11.5. The van der Waals surface area contributed by atoms with Gasteiger partial charge in [0.1, 0.15) is 6.17 Å². The van der Waals surface area contributed by atoms with Crippen LogP contribution in [0.25, 0.3) is 0 Å². The molecule has 4 nitrogen and oxygen atoms in total. The Hall–Kier alpha value is -1.55. The molecule has 110 valence electrons. The number of carbonyl (C=O) groups is 1. The summed E-state index contributed by atoms with van der Waals surface area (Å²) in [6.45, 7) is 5.40. The number of hydrogen-bond donors (Lipinski definition) is 1. The first-order valence-corrected chi connectivity index (χ1v) is 7.15. The predicted octanol–water partition coefficient (Wildman–Crippen LogP) is 2.23. The Morgan fingerprint density at radius 3 is 2.70 bits per heavy atom. The molecule has 1 heterocycles. The maximum Gasteiger partial charge on any atom is 0.157 e. The van der Waals surface area contributed by atoms with E-state index in [0.717, 1.165) is 37.0 Å². The van der Waals surface area contributed by atoms with Crippen LogP contribution in [0.5, 0.6) is 0 Å². The van der Waals surface area contributed by atoms with Gasteiger partial charge in [-0.25, -0.2) is 0 Å². The minimum Gasteiger partial charge on any atom is -0.399 e. The van der Waals surface area contributed by atoms with Crippen LogP contribution in [-0.4, -0.2) is 38.0 Å². The van der Waals surface area contributed by atoms with E-state index >= 15 is 0 Å². The summed E-state index contributed by atoms with van der Waals surface area (Å²) < 4.78 is 0. The normalized spacial score (nSPS) is 19.4.